The predicted octanol–water partition coefficient (Wildman–Crippen LogP) is 7.56. The Morgan fingerprint density at radius 1 is 0.500 bits per heavy atom. The first-order valence-electron chi connectivity index (χ1n) is 4.59. The van der Waals surface area contributed by atoms with Crippen molar-refractivity contribution in [1.29, 1.82) is 0 Å². The summed E-state index contributed by atoms with van der Waals surface area (Å²) >= 11 is 21.6. The SMILES string of the molecule is Br/C1=C(Br)/C(Br)=C(Br)/C(Br)=C(/Br)CCCC1. The summed E-state index contributed by atoms with van der Waals surface area (Å²) in [5.41, 5.74) is 0. The molecule has 0 aromatic rings. The van der Waals surface area contributed by atoms with Gasteiger partial charge in [0.15, 0.2) is 0 Å². The van der Waals surface area contributed by atoms with Crippen molar-refractivity contribution in [1.82, 2.24) is 0 Å². The average molecular weight is 608 g/mol. The summed E-state index contributed by atoms with van der Waals surface area (Å²) < 4.78 is 6.50. The fraction of sp³-hybridized carbons (Fsp3) is 0.400. The van der Waals surface area contributed by atoms with E-state index in [1.165, 1.54) is 21.8 Å². The topological polar surface area (TPSA) is 0 Å². The summed E-state index contributed by atoms with van der Waals surface area (Å²) in [7, 11) is 0. The molecule has 6 heteroatoms. The molecule has 0 heterocycles. The number of rotatable bonds is 0. The van der Waals surface area contributed by atoms with E-state index in [-0.39, 0.29) is 0 Å². The number of hydrogen-bond acceptors (Lipinski definition) is 0. The highest BCUT2D eigenvalue weighted by molar-refractivity contribution is 9.18. The van der Waals surface area contributed by atoms with E-state index in [4.69, 9.17) is 0 Å². The van der Waals surface area contributed by atoms with Gasteiger partial charge in [0.25, 0.3) is 0 Å². The smallest absolute Gasteiger partial charge is 0.0479 e. The lowest BCUT2D eigenvalue weighted by molar-refractivity contribution is 0.754. The van der Waals surface area contributed by atoms with Gasteiger partial charge >= 0.3 is 0 Å². The Bertz CT molecular complexity index is 341. The van der Waals surface area contributed by atoms with E-state index in [0.29, 0.717) is 0 Å². The van der Waals surface area contributed by atoms with Crippen LogP contribution in [0.25, 0.3) is 0 Å². The minimum atomic E-state index is 1.00. The zero-order valence-electron chi connectivity index (χ0n) is 8.10. The first-order valence-corrected chi connectivity index (χ1v) is 9.35. The lowest BCUT2D eigenvalue weighted by atomic mass is 10.1. The van der Waals surface area contributed by atoms with Crippen molar-refractivity contribution in [2.45, 2.75) is 25.7 Å². The Morgan fingerprint density at radius 2 is 0.812 bits per heavy atom. The lowest BCUT2D eigenvalue weighted by Crippen LogP contribution is -1.89. The summed E-state index contributed by atoms with van der Waals surface area (Å²) in [6.45, 7) is 0. The van der Waals surface area contributed by atoms with Crippen LogP contribution in [-0.4, -0.2) is 0 Å². The van der Waals surface area contributed by atoms with Crippen LogP contribution in [0.4, 0.5) is 0 Å². The van der Waals surface area contributed by atoms with Crippen LogP contribution >= 0.6 is 95.6 Å². The Labute approximate surface area is 146 Å². The Balaban J connectivity index is 3.27. The van der Waals surface area contributed by atoms with E-state index >= 15 is 0 Å². The predicted molar refractivity (Wildman–Crippen MR) is 93.1 cm³/mol. The first-order chi connectivity index (χ1) is 7.45. The Morgan fingerprint density at radius 3 is 1.12 bits per heavy atom. The van der Waals surface area contributed by atoms with Gasteiger partial charge in [-0.25, -0.2) is 0 Å². The summed E-state index contributed by atoms with van der Waals surface area (Å²) in [5.74, 6) is 0. The molecule has 0 unspecified atom stereocenters. The molecular formula is C10H8Br6. The number of halogens is 6. The standard InChI is InChI=1S/C10H8Br6/c11-5-3-1-2-4-6(12)8(14)10(16)9(15)7(5)13/h1-4H2/b7-5-,8-6-,10-9+. The molecule has 0 amide bonds. The molecule has 1 rings (SSSR count). The highest BCUT2D eigenvalue weighted by atomic mass is 79.9. The van der Waals surface area contributed by atoms with Crippen molar-refractivity contribution in [3.05, 3.63) is 26.9 Å². The normalized spacial score (nSPS) is 34.1. The van der Waals surface area contributed by atoms with Crippen LogP contribution < -0.4 is 0 Å². The molecule has 0 atom stereocenters. The van der Waals surface area contributed by atoms with Crippen molar-refractivity contribution in [3.63, 3.8) is 0 Å². The van der Waals surface area contributed by atoms with Crippen molar-refractivity contribution < 1.29 is 0 Å². The summed E-state index contributed by atoms with van der Waals surface area (Å²) in [6, 6.07) is 0. The molecule has 0 aromatic heterocycles. The molecule has 90 valence electrons. The fourth-order valence-corrected chi connectivity index (χ4v) is 4.90. The molecule has 0 bridgehead atoms. The van der Waals surface area contributed by atoms with Crippen LogP contribution in [0.15, 0.2) is 26.9 Å². The van der Waals surface area contributed by atoms with Gasteiger partial charge < -0.3 is 0 Å². The molecule has 0 nitrogen and oxygen atoms in total. The maximum atomic E-state index is 3.61. The minimum absolute atomic E-state index is 1.00. The highest BCUT2D eigenvalue weighted by Gasteiger charge is 2.15. The van der Waals surface area contributed by atoms with Crippen molar-refractivity contribution >= 4 is 95.6 Å². The molecule has 0 aromatic carbocycles. The van der Waals surface area contributed by atoms with Gasteiger partial charge in [0.1, 0.15) is 0 Å². The van der Waals surface area contributed by atoms with Crippen LogP contribution in [-0.2, 0) is 0 Å². The van der Waals surface area contributed by atoms with Gasteiger partial charge in [0.2, 0.25) is 0 Å². The second kappa shape index (κ2) is 7.63. The van der Waals surface area contributed by atoms with Crippen molar-refractivity contribution in [3.8, 4) is 0 Å². The second-order valence-corrected chi connectivity index (χ2v) is 8.36. The molecule has 0 radical (unpaired) electrons. The molecule has 1 aliphatic carbocycles. The third-order valence-electron chi connectivity index (χ3n) is 2.10. The van der Waals surface area contributed by atoms with E-state index in [0.717, 1.165) is 30.8 Å². The van der Waals surface area contributed by atoms with Crippen LogP contribution in [0.3, 0.4) is 0 Å². The summed E-state index contributed by atoms with van der Waals surface area (Å²) in [4.78, 5) is 0. The molecule has 0 N–H and O–H groups in total. The maximum absolute atomic E-state index is 3.61. The van der Waals surface area contributed by atoms with Gasteiger partial charge in [-0.15, -0.1) is 0 Å². The first kappa shape index (κ1) is 16.2. The third kappa shape index (κ3) is 4.34. The Kier molecular flexibility index (Phi) is 7.71. The van der Waals surface area contributed by atoms with Crippen molar-refractivity contribution in [2.75, 3.05) is 0 Å². The van der Waals surface area contributed by atoms with E-state index < -0.39 is 0 Å². The van der Waals surface area contributed by atoms with Gasteiger partial charge in [-0.1, -0.05) is 31.9 Å². The number of hydrogen-bond donors (Lipinski definition) is 0. The second-order valence-electron chi connectivity index (χ2n) is 3.27. The Hall–Kier alpha value is 2.10. The van der Waals surface area contributed by atoms with Crippen LogP contribution in [0.5, 0.6) is 0 Å². The highest BCUT2D eigenvalue weighted by Crippen LogP contribution is 2.43. The number of allylic oxidation sites excluding steroid dienone is 6. The molecule has 0 saturated carbocycles. The summed E-state index contributed by atoms with van der Waals surface area (Å²) in [6.07, 6.45) is 4.44. The van der Waals surface area contributed by atoms with Gasteiger partial charge in [-0.05, 0) is 89.4 Å². The molecular weight excluding hydrogens is 600 g/mol. The summed E-state index contributed by atoms with van der Waals surface area (Å²) in [5, 5.41) is 0. The molecule has 0 saturated heterocycles. The van der Waals surface area contributed by atoms with Crippen LogP contribution in [0, 0.1) is 0 Å². The van der Waals surface area contributed by atoms with Gasteiger partial charge in [-0.3, -0.25) is 0 Å². The van der Waals surface area contributed by atoms with Gasteiger partial charge in [-0.2, -0.15) is 0 Å². The van der Waals surface area contributed by atoms with Gasteiger partial charge in [0, 0.05) is 26.9 Å². The monoisotopic (exact) mass is 602 g/mol. The minimum Gasteiger partial charge on any atom is -0.0544 e. The zero-order chi connectivity index (χ0) is 12.3. The quantitative estimate of drug-likeness (QED) is 0.267. The van der Waals surface area contributed by atoms with Crippen LogP contribution in [0.2, 0.25) is 0 Å². The fourth-order valence-electron chi connectivity index (χ4n) is 1.21. The largest absolute Gasteiger partial charge is 0.0544 e. The van der Waals surface area contributed by atoms with Crippen LogP contribution in [0.1, 0.15) is 25.7 Å². The van der Waals surface area contributed by atoms with E-state index in [1.54, 1.807) is 0 Å². The maximum Gasteiger partial charge on any atom is 0.0479 e. The van der Waals surface area contributed by atoms with E-state index in [1.807, 2.05) is 0 Å². The van der Waals surface area contributed by atoms with E-state index in [2.05, 4.69) is 95.6 Å². The average Bonchev–Trinajstić information content (AvgIpc) is 2.28. The zero-order valence-corrected chi connectivity index (χ0v) is 17.6. The molecule has 0 aliphatic heterocycles. The third-order valence-corrected chi connectivity index (χ3v) is 9.68. The van der Waals surface area contributed by atoms with Crippen molar-refractivity contribution in [2.24, 2.45) is 0 Å². The molecule has 0 fully saturated rings. The molecule has 1 aliphatic rings. The molecule has 0 spiro atoms. The lowest BCUT2D eigenvalue weighted by Gasteiger charge is -2.11. The van der Waals surface area contributed by atoms with E-state index in [9.17, 15) is 0 Å². The molecule has 16 heavy (non-hydrogen) atoms. The van der Waals surface area contributed by atoms with Gasteiger partial charge in [0.05, 0.1) is 0 Å².